The largest absolute Gasteiger partial charge is 0.198 e. The molecular formula is C13H14ClNS. The van der Waals surface area contributed by atoms with Crippen molar-refractivity contribution in [2.75, 3.05) is 6.26 Å². The maximum absolute atomic E-state index is 8.52. The van der Waals surface area contributed by atoms with Crippen molar-refractivity contribution in [3.8, 4) is 6.07 Å². The summed E-state index contributed by atoms with van der Waals surface area (Å²) in [6.45, 7) is 0. The predicted octanol–water partition coefficient (Wildman–Crippen LogP) is 4.74. The van der Waals surface area contributed by atoms with Crippen molar-refractivity contribution in [2.45, 2.75) is 19.3 Å². The van der Waals surface area contributed by atoms with Crippen LogP contribution < -0.4 is 0 Å². The lowest BCUT2D eigenvalue weighted by Crippen LogP contribution is -1.84. The molecule has 3 heteroatoms. The highest BCUT2D eigenvalue weighted by Gasteiger charge is 2.01. The Morgan fingerprint density at radius 2 is 2.12 bits per heavy atom. The van der Waals surface area contributed by atoms with Crippen molar-refractivity contribution in [3.63, 3.8) is 0 Å². The van der Waals surface area contributed by atoms with E-state index in [2.05, 4.69) is 11.5 Å². The molecule has 84 valence electrons. The molecule has 0 aliphatic rings. The van der Waals surface area contributed by atoms with Crippen molar-refractivity contribution in [1.82, 2.24) is 0 Å². The first-order valence-corrected chi connectivity index (χ1v) is 6.79. The molecule has 0 saturated carbocycles. The van der Waals surface area contributed by atoms with Gasteiger partial charge >= 0.3 is 0 Å². The van der Waals surface area contributed by atoms with Gasteiger partial charge < -0.3 is 0 Å². The SMILES string of the molecule is CS/C=C(\CCCC#N)c1ccc(Cl)cc1. The van der Waals surface area contributed by atoms with Crippen LogP contribution in [-0.2, 0) is 0 Å². The Labute approximate surface area is 106 Å². The van der Waals surface area contributed by atoms with Crippen LogP contribution in [0, 0.1) is 11.3 Å². The average molecular weight is 252 g/mol. The van der Waals surface area contributed by atoms with Gasteiger partial charge in [-0.15, -0.1) is 11.8 Å². The highest BCUT2D eigenvalue weighted by molar-refractivity contribution is 8.01. The molecule has 1 nitrogen and oxygen atoms in total. The number of nitrogens with zero attached hydrogens (tertiary/aromatic N) is 1. The summed E-state index contributed by atoms with van der Waals surface area (Å²) in [4.78, 5) is 0. The second-order valence-corrected chi connectivity index (χ2v) is 4.54. The minimum atomic E-state index is 0.610. The number of benzene rings is 1. The van der Waals surface area contributed by atoms with Crippen molar-refractivity contribution in [1.29, 1.82) is 5.26 Å². The Bertz CT molecular complexity index is 389. The molecule has 0 aliphatic heterocycles. The summed E-state index contributed by atoms with van der Waals surface area (Å²) in [6.07, 6.45) is 4.50. The molecule has 0 radical (unpaired) electrons. The highest BCUT2D eigenvalue weighted by Crippen LogP contribution is 2.24. The van der Waals surface area contributed by atoms with E-state index in [0.29, 0.717) is 6.42 Å². The van der Waals surface area contributed by atoms with Crippen LogP contribution in [0.1, 0.15) is 24.8 Å². The van der Waals surface area contributed by atoms with Crippen LogP contribution in [0.2, 0.25) is 5.02 Å². The molecule has 0 aromatic heterocycles. The molecule has 1 aromatic rings. The zero-order chi connectivity index (χ0) is 11.8. The van der Waals surface area contributed by atoms with E-state index in [1.54, 1.807) is 11.8 Å². The first-order chi connectivity index (χ1) is 7.77. The molecule has 0 bridgehead atoms. The molecule has 0 atom stereocenters. The third-order valence-electron chi connectivity index (χ3n) is 2.21. The summed E-state index contributed by atoms with van der Waals surface area (Å²) in [5.74, 6) is 0. The van der Waals surface area contributed by atoms with E-state index in [1.807, 2.05) is 30.5 Å². The van der Waals surface area contributed by atoms with Gasteiger partial charge in [0.25, 0.3) is 0 Å². The van der Waals surface area contributed by atoms with Gasteiger partial charge in [-0.05, 0) is 47.8 Å². The number of hydrogen-bond acceptors (Lipinski definition) is 2. The monoisotopic (exact) mass is 251 g/mol. The van der Waals surface area contributed by atoms with Gasteiger partial charge in [0.15, 0.2) is 0 Å². The van der Waals surface area contributed by atoms with E-state index in [4.69, 9.17) is 16.9 Å². The third-order valence-corrected chi connectivity index (χ3v) is 2.98. The molecule has 1 rings (SSSR count). The fourth-order valence-corrected chi connectivity index (χ4v) is 2.10. The number of allylic oxidation sites excluding steroid dienone is 1. The van der Waals surface area contributed by atoms with Gasteiger partial charge in [0.1, 0.15) is 0 Å². The van der Waals surface area contributed by atoms with Crippen LogP contribution in [-0.4, -0.2) is 6.26 Å². The molecule has 0 aliphatic carbocycles. The first kappa shape index (κ1) is 13.2. The van der Waals surface area contributed by atoms with Gasteiger partial charge in [0.2, 0.25) is 0 Å². The summed E-state index contributed by atoms with van der Waals surface area (Å²) in [5.41, 5.74) is 2.47. The summed E-state index contributed by atoms with van der Waals surface area (Å²) < 4.78 is 0. The number of rotatable bonds is 5. The fourth-order valence-electron chi connectivity index (χ4n) is 1.44. The van der Waals surface area contributed by atoms with E-state index >= 15 is 0 Å². The van der Waals surface area contributed by atoms with Crippen molar-refractivity contribution < 1.29 is 0 Å². The Morgan fingerprint density at radius 1 is 1.44 bits per heavy atom. The van der Waals surface area contributed by atoms with Crippen LogP contribution in [0.15, 0.2) is 29.7 Å². The normalized spacial score (nSPS) is 11.2. The molecule has 0 fully saturated rings. The Hall–Kier alpha value is -0.910. The minimum Gasteiger partial charge on any atom is -0.198 e. The van der Waals surface area contributed by atoms with Crippen LogP contribution in [0.25, 0.3) is 5.57 Å². The topological polar surface area (TPSA) is 23.8 Å². The summed E-state index contributed by atoms with van der Waals surface area (Å²) in [7, 11) is 0. The van der Waals surface area contributed by atoms with Crippen LogP contribution >= 0.6 is 23.4 Å². The van der Waals surface area contributed by atoms with Gasteiger partial charge in [-0.2, -0.15) is 5.26 Å². The zero-order valence-corrected chi connectivity index (χ0v) is 10.8. The van der Waals surface area contributed by atoms with Crippen molar-refractivity contribution in [3.05, 3.63) is 40.3 Å². The summed E-state index contributed by atoms with van der Waals surface area (Å²) in [5, 5.41) is 11.4. The van der Waals surface area contributed by atoms with E-state index in [-0.39, 0.29) is 0 Å². The molecule has 16 heavy (non-hydrogen) atoms. The molecule has 0 heterocycles. The first-order valence-electron chi connectivity index (χ1n) is 5.12. The van der Waals surface area contributed by atoms with Gasteiger partial charge in [0.05, 0.1) is 6.07 Å². The lowest BCUT2D eigenvalue weighted by atomic mass is 10.0. The lowest BCUT2D eigenvalue weighted by Gasteiger charge is -2.06. The molecule has 0 saturated heterocycles. The van der Waals surface area contributed by atoms with Crippen molar-refractivity contribution >= 4 is 28.9 Å². The number of unbranched alkanes of at least 4 members (excludes halogenated alkanes) is 1. The number of hydrogen-bond donors (Lipinski definition) is 0. The minimum absolute atomic E-state index is 0.610. The average Bonchev–Trinajstić information content (AvgIpc) is 2.29. The van der Waals surface area contributed by atoms with Crippen LogP contribution in [0.5, 0.6) is 0 Å². The molecular weight excluding hydrogens is 238 g/mol. The Kier molecular flexibility index (Phi) is 6.07. The standard InChI is InChI=1S/C13H14ClNS/c1-16-10-12(4-2-3-9-15)11-5-7-13(14)8-6-11/h5-8,10H,2-4H2,1H3/b12-10+. The van der Waals surface area contributed by atoms with Gasteiger partial charge in [-0.1, -0.05) is 23.7 Å². The summed E-state index contributed by atoms with van der Waals surface area (Å²) >= 11 is 7.54. The summed E-state index contributed by atoms with van der Waals surface area (Å²) in [6, 6.07) is 10.0. The lowest BCUT2D eigenvalue weighted by molar-refractivity contribution is 0.889. The van der Waals surface area contributed by atoms with Crippen LogP contribution in [0.3, 0.4) is 0 Å². The molecule has 0 spiro atoms. The maximum atomic E-state index is 8.52. The third kappa shape index (κ3) is 4.30. The molecule has 0 N–H and O–H groups in total. The second-order valence-electron chi connectivity index (χ2n) is 3.40. The molecule has 0 unspecified atom stereocenters. The smallest absolute Gasteiger partial charge is 0.0621 e. The maximum Gasteiger partial charge on any atom is 0.0621 e. The fraction of sp³-hybridized carbons (Fsp3) is 0.308. The molecule has 1 aromatic carbocycles. The van der Waals surface area contributed by atoms with E-state index in [1.165, 1.54) is 11.1 Å². The Balaban J connectivity index is 2.74. The van der Waals surface area contributed by atoms with Gasteiger partial charge in [-0.25, -0.2) is 0 Å². The second kappa shape index (κ2) is 7.38. The number of thioether (sulfide) groups is 1. The number of nitriles is 1. The predicted molar refractivity (Wildman–Crippen MR) is 72.4 cm³/mol. The van der Waals surface area contributed by atoms with E-state index < -0.39 is 0 Å². The quantitative estimate of drug-likeness (QED) is 0.706. The zero-order valence-electron chi connectivity index (χ0n) is 9.24. The molecule has 0 amide bonds. The van der Waals surface area contributed by atoms with Crippen molar-refractivity contribution in [2.24, 2.45) is 0 Å². The number of halogens is 1. The Morgan fingerprint density at radius 3 is 2.69 bits per heavy atom. The van der Waals surface area contributed by atoms with Crippen LogP contribution in [0.4, 0.5) is 0 Å². The highest BCUT2D eigenvalue weighted by atomic mass is 35.5. The van der Waals surface area contributed by atoms with Gasteiger partial charge in [0, 0.05) is 11.4 Å². The van der Waals surface area contributed by atoms with E-state index in [0.717, 1.165) is 17.9 Å². The van der Waals surface area contributed by atoms with E-state index in [9.17, 15) is 0 Å². The van der Waals surface area contributed by atoms with Gasteiger partial charge in [-0.3, -0.25) is 0 Å².